The molecule has 0 unspecified atom stereocenters. The number of phenols is 1. The SMILES string of the molecule is COc1c(CN(C)C(C)C)cc(O)c2c1C[C@H]1C[C@H]3[C@H](N(C)C)C(O)=C(C(N)=O)C(=N)[C@@]3(O)C(=O)C1=C2O. The topological polar surface area (TPSA) is 181 Å². The lowest BCUT2D eigenvalue weighted by molar-refractivity contribution is -0.138. The van der Waals surface area contributed by atoms with Crippen LogP contribution in [0.5, 0.6) is 11.5 Å². The molecule has 1 aromatic carbocycles. The lowest BCUT2D eigenvalue weighted by atomic mass is 9.56. The third kappa shape index (κ3) is 3.79. The number of methoxy groups -OCH3 is 1. The molecule has 3 aliphatic rings. The van der Waals surface area contributed by atoms with E-state index in [1.54, 1.807) is 19.0 Å². The smallest absolute Gasteiger partial charge is 0.254 e. The first-order valence-corrected chi connectivity index (χ1v) is 12.5. The number of ketones is 1. The number of fused-ring (bicyclic) bond motifs is 3. The molecule has 11 heteroatoms. The number of aromatic hydroxyl groups is 1. The van der Waals surface area contributed by atoms with Gasteiger partial charge in [-0.15, -0.1) is 0 Å². The molecule has 206 valence electrons. The lowest BCUT2D eigenvalue weighted by Crippen LogP contribution is -2.67. The van der Waals surface area contributed by atoms with Crippen LogP contribution < -0.4 is 10.5 Å². The number of likely N-dealkylation sites (N-methyl/N-ethyl adjacent to an activating group) is 1. The summed E-state index contributed by atoms with van der Waals surface area (Å²) in [5.74, 6) is -4.43. The van der Waals surface area contributed by atoms with E-state index in [2.05, 4.69) is 4.90 Å². The average molecular weight is 529 g/mol. The van der Waals surface area contributed by atoms with Crippen LogP contribution in [-0.4, -0.2) is 93.6 Å². The van der Waals surface area contributed by atoms with E-state index >= 15 is 0 Å². The van der Waals surface area contributed by atoms with Crippen molar-refractivity contribution in [3.05, 3.63) is 39.7 Å². The van der Waals surface area contributed by atoms with E-state index in [4.69, 9.17) is 15.9 Å². The van der Waals surface area contributed by atoms with E-state index in [1.807, 2.05) is 20.9 Å². The van der Waals surface area contributed by atoms with Gasteiger partial charge in [0.2, 0.25) is 5.78 Å². The zero-order valence-electron chi connectivity index (χ0n) is 22.5. The number of hydrogen-bond acceptors (Lipinski definition) is 10. The van der Waals surface area contributed by atoms with Crippen molar-refractivity contribution in [2.45, 2.75) is 50.9 Å². The predicted octanol–water partition coefficient (Wildman–Crippen LogP) is 1.26. The summed E-state index contributed by atoms with van der Waals surface area (Å²) in [7, 11) is 6.69. The van der Waals surface area contributed by atoms with Crippen molar-refractivity contribution in [3.8, 4) is 11.5 Å². The summed E-state index contributed by atoms with van der Waals surface area (Å²) in [6.45, 7) is 4.55. The molecule has 1 amide bonds. The van der Waals surface area contributed by atoms with Crippen molar-refractivity contribution >= 4 is 23.2 Å². The number of nitrogens with one attached hydrogen (secondary N) is 1. The molecular formula is C27H36N4O7. The van der Waals surface area contributed by atoms with Gasteiger partial charge < -0.3 is 36.3 Å². The van der Waals surface area contributed by atoms with Crippen molar-refractivity contribution < 1.29 is 34.8 Å². The zero-order valence-corrected chi connectivity index (χ0v) is 22.5. The number of carbonyl (C=O) groups is 2. The molecule has 0 radical (unpaired) electrons. The van der Waals surface area contributed by atoms with Gasteiger partial charge in [-0.05, 0) is 59.8 Å². The van der Waals surface area contributed by atoms with Crippen molar-refractivity contribution in [1.29, 1.82) is 5.41 Å². The number of benzene rings is 1. The van der Waals surface area contributed by atoms with Gasteiger partial charge in [-0.3, -0.25) is 19.4 Å². The Bertz CT molecular complexity index is 1300. The monoisotopic (exact) mass is 528 g/mol. The zero-order chi connectivity index (χ0) is 28.4. The number of primary amides is 1. The van der Waals surface area contributed by atoms with E-state index in [-0.39, 0.29) is 35.8 Å². The van der Waals surface area contributed by atoms with E-state index < -0.39 is 58.0 Å². The van der Waals surface area contributed by atoms with E-state index in [9.17, 15) is 30.0 Å². The fourth-order valence-electron chi connectivity index (χ4n) is 6.24. The van der Waals surface area contributed by atoms with E-state index in [0.717, 1.165) is 0 Å². The number of hydrogen-bond donors (Lipinski definition) is 6. The van der Waals surface area contributed by atoms with Crippen LogP contribution in [-0.2, 0) is 22.6 Å². The maximum Gasteiger partial charge on any atom is 0.254 e. The van der Waals surface area contributed by atoms with Crippen molar-refractivity contribution in [3.63, 3.8) is 0 Å². The number of ether oxygens (including phenoxy) is 1. The third-order valence-electron chi connectivity index (χ3n) is 8.31. The fourth-order valence-corrected chi connectivity index (χ4v) is 6.24. The second-order valence-electron chi connectivity index (χ2n) is 11.0. The van der Waals surface area contributed by atoms with Crippen LogP contribution in [0.2, 0.25) is 0 Å². The number of aliphatic hydroxyl groups is 3. The van der Waals surface area contributed by atoms with Gasteiger partial charge in [0.1, 0.15) is 28.6 Å². The minimum atomic E-state index is -2.51. The minimum absolute atomic E-state index is 0.0412. The van der Waals surface area contributed by atoms with Gasteiger partial charge in [0.25, 0.3) is 5.91 Å². The van der Waals surface area contributed by atoms with Crippen molar-refractivity contribution in [1.82, 2.24) is 9.80 Å². The number of phenolic OH excluding ortho intramolecular Hbond substituents is 1. The Morgan fingerprint density at radius 1 is 1.26 bits per heavy atom. The highest BCUT2D eigenvalue weighted by Gasteiger charge is 2.63. The maximum absolute atomic E-state index is 13.9. The molecule has 0 saturated heterocycles. The summed E-state index contributed by atoms with van der Waals surface area (Å²) in [5, 5.41) is 53.6. The number of amides is 1. The van der Waals surface area contributed by atoms with Crippen LogP contribution in [0.1, 0.15) is 37.0 Å². The van der Waals surface area contributed by atoms with Crippen LogP contribution in [0.25, 0.3) is 5.76 Å². The molecule has 0 aromatic heterocycles. The summed E-state index contributed by atoms with van der Waals surface area (Å²) in [5.41, 5.74) is 2.66. The van der Waals surface area contributed by atoms with Crippen LogP contribution >= 0.6 is 0 Å². The second-order valence-corrected chi connectivity index (χ2v) is 11.0. The number of aliphatic hydroxyl groups excluding tert-OH is 2. The Hall–Kier alpha value is -3.41. The first-order chi connectivity index (χ1) is 17.7. The van der Waals surface area contributed by atoms with E-state index in [1.165, 1.54) is 13.2 Å². The van der Waals surface area contributed by atoms with E-state index in [0.29, 0.717) is 23.4 Å². The van der Waals surface area contributed by atoms with Crippen LogP contribution in [0.4, 0.5) is 0 Å². The summed E-state index contributed by atoms with van der Waals surface area (Å²) in [6.07, 6.45) is 0.312. The Labute approximate surface area is 221 Å². The highest BCUT2D eigenvalue weighted by atomic mass is 16.5. The second kappa shape index (κ2) is 9.40. The predicted molar refractivity (Wildman–Crippen MR) is 140 cm³/mol. The van der Waals surface area contributed by atoms with Gasteiger partial charge in [0.15, 0.2) is 5.60 Å². The fraction of sp³-hybridized carbons (Fsp3) is 0.519. The van der Waals surface area contributed by atoms with Crippen molar-refractivity contribution in [2.24, 2.45) is 17.6 Å². The molecule has 0 heterocycles. The van der Waals surface area contributed by atoms with Gasteiger partial charge in [0.05, 0.1) is 24.4 Å². The molecule has 1 aromatic rings. The Morgan fingerprint density at radius 3 is 2.42 bits per heavy atom. The van der Waals surface area contributed by atoms with Gasteiger partial charge in [-0.2, -0.15) is 0 Å². The van der Waals surface area contributed by atoms with Gasteiger partial charge in [-0.25, -0.2) is 0 Å². The molecule has 3 aliphatic carbocycles. The highest BCUT2D eigenvalue weighted by molar-refractivity contribution is 6.33. The minimum Gasteiger partial charge on any atom is -0.510 e. The number of rotatable bonds is 6. The maximum atomic E-state index is 13.9. The molecule has 11 nitrogen and oxygen atoms in total. The molecule has 0 aliphatic heterocycles. The number of Topliss-reactive ketones (excluding diaryl/α,β-unsaturated/α-hetero) is 1. The number of carbonyl (C=O) groups excluding carboxylic acids is 2. The third-order valence-corrected chi connectivity index (χ3v) is 8.31. The summed E-state index contributed by atoms with van der Waals surface area (Å²) in [4.78, 5) is 29.7. The first kappa shape index (κ1) is 27.6. The molecule has 4 rings (SSSR count). The largest absolute Gasteiger partial charge is 0.510 e. The summed E-state index contributed by atoms with van der Waals surface area (Å²) >= 11 is 0. The van der Waals surface area contributed by atoms with Gasteiger partial charge in [-0.1, -0.05) is 0 Å². The van der Waals surface area contributed by atoms with Crippen LogP contribution in [0.15, 0.2) is 23.0 Å². The van der Waals surface area contributed by atoms with Crippen molar-refractivity contribution in [2.75, 3.05) is 28.3 Å². The van der Waals surface area contributed by atoms with Gasteiger partial charge >= 0.3 is 0 Å². The molecule has 38 heavy (non-hydrogen) atoms. The van der Waals surface area contributed by atoms with Gasteiger partial charge in [0, 0.05) is 35.2 Å². The summed E-state index contributed by atoms with van der Waals surface area (Å²) < 4.78 is 5.75. The first-order valence-electron chi connectivity index (χ1n) is 12.5. The molecule has 0 bridgehead atoms. The molecule has 4 atom stereocenters. The Morgan fingerprint density at radius 2 is 1.89 bits per heavy atom. The number of nitrogens with zero attached hydrogens (tertiary/aromatic N) is 2. The standard InChI is InChI=1S/C27H36N4O7/c1-11(2)31(5)10-13-9-16(32)18-14(23(13)38-6)7-12-8-15-20(30(3)4)22(34)19(26(29)36)24(28)27(15,37)25(35)17(12)21(18)33/h9,11-12,15,20,28,32-34,37H,7-8,10H2,1-6H3,(H2,29,36)/t12-,15-,20-,27+/m0/s1. The molecule has 1 saturated carbocycles. The number of nitrogens with two attached hydrogens (primary N) is 1. The Kier molecular flexibility index (Phi) is 6.84. The average Bonchev–Trinajstić information content (AvgIpc) is 2.80. The molecule has 7 N–H and O–H groups in total. The highest BCUT2D eigenvalue weighted by Crippen LogP contribution is 2.53. The normalized spacial score (nSPS) is 27.2. The quantitative estimate of drug-likeness (QED) is 0.317. The molecule has 1 fully saturated rings. The van der Waals surface area contributed by atoms with Crippen LogP contribution in [0.3, 0.4) is 0 Å². The molecule has 0 spiro atoms. The van der Waals surface area contributed by atoms with Crippen LogP contribution in [0, 0.1) is 17.2 Å². The lowest BCUT2D eigenvalue weighted by Gasteiger charge is -2.51. The molecular weight excluding hydrogens is 492 g/mol. The Balaban J connectivity index is 1.92. The summed E-state index contributed by atoms with van der Waals surface area (Å²) in [6, 6.07) is 0.740.